The number of phenols is 1. The predicted molar refractivity (Wildman–Crippen MR) is 281 cm³/mol. The van der Waals surface area contributed by atoms with Crippen molar-refractivity contribution < 1.29 is 72.7 Å². The van der Waals surface area contributed by atoms with Gasteiger partial charge in [-0.15, -0.1) is 0 Å². The van der Waals surface area contributed by atoms with Crippen molar-refractivity contribution in [2.24, 2.45) is 29.6 Å². The lowest BCUT2D eigenvalue weighted by molar-refractivity contribution is -0.162. The molecule has 7 N–H and O–H groups in total. The highest BCUT2D eigenvalue weighted by Gasteiger charge is 2.45. The number of ketones is 1. The number of cyclic esters (lactones) is 2. The third-order valence-corrected chi connectivity index (χ3v) is 14.8. The highest BCUT2D eigenvalue weighted by Crippen LogP contribution is 2.26. The van der Waals surface area contributed by atoms with Crippen molar-refractivity contribution in [1.29, 1.82) is 0 Å². The van der Waals surface area contributed by atoms with Gasteiger partial charge < -0.3 is 60.8 Å². The van der Waals surface area contributed by atoms with E-state index in [4.69, 9.17) is 9.47 Å². The largest absolute Gasteiger partial charge is 0.508 e. The van der Waals surface area contributed by atoms with E-state index in [-0.39, 0.29) is 62.8 Å². The number of esters is 2. The number of likely N-dealkylation sites (tertiary alicyclic amines) is 1. The molecular formula is C55H85N7O15. The fourth-order valence-corrected chi connectivity index (χ4v) is 10.1. The molecule has 0 bridgehead atoms. The number of carbonyl (C=O) groups excluding carboxylic acids is 10. The Bertz CT molecular complexity index is 2270. The molecule has 3 aliphatic rings. The summed E-state index contributed by atoms with van der Waals surface area (Å²) in [6.45, 7) is 18.2. The first-order valence-corrected chi connectivity index (χ1v) is 27.2. The van der Waals surface area contributed by atoms with Crippen LogP contribution in [-0.4, -0.2) is 176 Å². The molecule has 7 amide bonds. The van der Waals surface area contributed by atoms with Gasteiger partial charge in [0.25, 0.3) is 5.91 Å². The van der Waals surface area contributed by atoms with E-state index in [9.17, 15) is 63.3 Å². The molecule has 0 aliphatic carbocycles. The van der Waals surface area contributed by atoms with E-state index in [0.717, 1.165) is 0 Å². The number of nitrogens with zero attached hydrogens (tertiary/aromatic N) is 3. The third-order valence-electron chi connectivity index (χ3n) is 14.8. The lowest BCUT2D eigenvalue weighted by Crippen LogP contribution is -2.62. The molecule has 3 aliphatic heterocycles. The molecule has 430 valence electrons. The van der Waals surface area contributed by atoms with Crippen LogP contribution in [0.1, 0.15) is 133 Å². The molecule has 13 atom stereocenters. The number of aromatic hydroxyl groups is 1. The summed E-state index contributed by atoms with van der Waals surface area (Å²) in [5, 5.41) is 42.9. The van der Waals surface area contributed by atoms with Gasteiger partial charge in [-0.05, 0) is 101 Å². The number of rotatable bonds is 14. The van der Waals surface area contributed by atoms with Crippen molar-refractivity contribution in [3.63, 3.8) is 0 Å². The first kappa shape index (κ1) is 63.4. The molecule has 77 heavy (non-hydrogen) atoms. The van der Waals surface area contributed by atoms with Crippen molar-refractivity contribution >= 4 is 59.1 Å². The van der Waals surface area contributed by atoms with Crippen LogP contribution in [0.5, 0.6) is 5.75 Å². The number of fused-ring (bicyclic) bond motifs is 1. The summed E-state index contributed by atoms with van der Waals surface area (Å²) in [7, 11) is 1.39. The molecule has 3 saturated heterocycles. The van der Waals surface area contributed by atoms with Crippen molar-refractivity contribution in [2.45, 2.75) is 201 Å². The van der Waals surface area contributed by atoms with Crippen LogP contribution in [-0.2, 0) is 63.8 Å². The Morgan fingerprint density at radius 3 is 2.03 bits per heavy atom. The second-order valence-corrected chi connectivity index (χ2v) is 22.4. The molecule has 1 aromatic carbocycles. The summed E-state index contributed by atoms with van der Waals surface area (Å²) in [6.07, 6.45) is -5.22. The maximum absolute atomic E-state index is 14.9. The average molecular weight is 1080 g/mol. The normalized spacial score (nSPS) is 28.0. The Labute approximate surface area is 452 Å². The van der Waals surface area contributed by atoms with Gasteiger partial charge >= 0.3 is 11.9 Å². The maximum atomic E-state index is 14.9. The smallest absolute Gasteiger partial charge is 0.329 e. The third kappa shape index (κ3) is 16.9. The van der Waals surface area contributed by atoms with Gasteiger partial charge in [-0.2, -0.15) is 0 Å². The van der Waals surface area contributed by atoms with Gasteiger partial charge in [0.1, 0.15) is 54.2 Å². The highest BCUT2D eigenvalue weighted by atomic mass is 16.6. The number of Topliss-reactive ketones (excluding diaryl/α,β-unsaturated/α-hetero) is 1. The fourth-order valence-electron chi connectivity index (χ4n) is 10.1. The molecule has 22 heteroatoms. The summed E-state index contributed by atoms with van der Waals surface area (Å²) >= 11 is 0. The van der Waals surface area contributed by atoms with E-state index >= 15 is 0 Å². The molecule has 1 aromatic rings. The molecule has 0 radical (unpaired) electrons. The van der Waals surface area contributed by atoms with Crippen molar-refractivity contribution in [3.05, 3.63) is 29.8 Å². The zero-order valence-electron chi connectivity index (χ0n) is 46.9. The summed E-state index contributed by atoms with van der Waals surface area (Å²) in [6, 6.07) is -3.30. The lowest BCUT2D eigenvalue weighted by Gasteiger charge is -2.36. The quantitative estimate of drug-likeness (QED) is 0.103. The Morgan fingerprint density at radius 1 is 0.818 bits per heavy atom. The van der Waals surface area contributed by atoms with Gasteiger partial charge in [0.15, 0.2) is 11.9 Å². The van der Waals surface area contributed by atoms with Gasteiger partial charge in [-0.3, -0.25) is 43.2 Å². The second-order valence-electron chi connectivity index (χ2n) is 22.4. The topological polar surface area (TPSA) is 308 Å². The second kappa shape index (κ2) is 28.5. The SMILES string of the molecule is CC[C@H](C)C1NC(=O)[C@@H](NC(=O)[C@@H](CC(C)C)N(C)C(=O)[C@@H]2CCCN2C(=O)[C@H](C)O)[C@@H](C)OC(=O)[C@H](Cc2ccc(O)cc2)NC(=O)[C@@H]2CCCN2C(=O)[C@H](CC(C)C)NC(=O)[C@@H](C)C(=O)[C@H](C(C)C)OC(=O)C[C@@H]1O. The van der Waals surface area contributed by atoms with Gasteiger partial charge in [0.2, 0.25) is 35.4 Å². The van der Waals surface area contributed by atoms with Crippen LogP contribution in [0, 0.1) is 29.6 Å². The van der Waals surface area contributed by atoms with E-state index in [1.54, 1.807) is 27.7 Å². The van der Waals surface area contributed by atoms with Crippen LogP contribution in [0.25, 0.3) is 0 Å². The van der Waals surface area contributed by atoms with Crippen LogP contribution < -0.4 is 21.3 Å². The number of carbonyl (C=O) groups is 10. The van der Waals surface area contributed by atoms with Gasteiger partial charge in [-0.1, -0.05) is 73.9 Å². The zero-order valence-corrected chi connectivity index (χ0v) is 46.9. The lowest BCUT2D eigenvalue weighted by atomic mass is 9.91. The molecule has 0 aromatic heterocycles. The number of benzene rings is 1. The number of ether oxygens (including phenoxy) is 2. The molecular weight excluding hydrogens is 999 g/mol. The summed E-state index contributed by atoms with van der Waals surface area (Å²) in [5.41, 5.74) is 0.462. The van der Waals surface area contributed by atoms with Crippen LogP contribution in [0.15, 0.2) is 24.3 Å². The van der Waals surface area contributed by atoms with Gasteiger partial charge in [0, 0.05) is 26.6 Å². The first-order valence-electron chi connectivity index (χ1n) is 27.2. The zero-order chi connectivity index (χ0) is 57.7. The van der Waals surface area contributed by atoms with Crippen LogP contribution in [0.4, 0.5) is 0 Å². The monoisotopic (exact) mass is 1080 g/mol. The summed E-state index contributed by atoms with van der Waals surface area (Å²) < 4.78 is 11.7. The van der Waals surface area contributed by atoms with Crippen LogP contribution in [0.3, 0.4) is 0 Å². The Kier molecular flexibility index (Phi) is 23.4. The number of hydrogen-bond acceptors (Lipinski definition) is 15. The van der Waals surface area contributed by atoms with Crippen molar-refractivity contribution in [1.82, 2.24) is 36.0 Å². The van der Waals surface area contributed by atoms with Crippen molar-refractivity contribution in [2.75, 3.05) is 20.1 Å². The van der Waals surface area contributed by atoms with Gasteiger partial charge in [0.05, 0.1) is 24.5 Å². The number of nitrogens with one attached hydrogen (secondary N) is 4. The number of likely N-dealkylation sites (N-methyl/N-ethyl adjacent to an activating group) is 1. The first-order chi connectivity index (χ1) is 36.1. The number of hydrogen-bond donors (Lipinski definition) is 7. The van der Waals surface area contributed by atoms with E-state index in [0.29, 0.717) is 24.8 Å². The van der Waals surface area contributed by atoms with E-state index in [2.05, 4.69) is 21.3 Å². The average Bonchev–Trinajstić information content (AvgIpc) is 4.07. The fraction of sp³-hybridized carbons (Fsp3) is 0.709. The molecule has 22 nitrogen and oxygen atoms in total. The minimum absolute atomic E-state index is 0.0620. The molecule has 0 saturated carbocycles. The minimum Gasteiger partial charge on any atom is -0.508 e. The minimum atomic E-state index is -1.78. The van der Waals surface area contributed by atoms with E-state index in [1.807, 2.05) is 27.7 Å². The molecule has 3 heterocycles. The number of aliphatic hydroxyl groups excluding tert-OH is 2. The number of aliphatic hydroxyl groups is 2. The summed E-state index contributed by atoms with van der Waals surface area (Å²) in [4.78, 5) is 146. The molecule has 1 unspecified atom stereocenters. The predicted octanol–water partition coefficient (Wildman–Crippen LogP) is 1.67. The standard InChI is InChI=1S/C55H85N7O15/c1-13-31(8)44-42(65)27-43(66)77-47(30(6)7)46(67)32(9)48(68)56-37(24-28(2)3)53(73)61-22-14-16-39(61)49(69)57-38(26-35-18-20-36(64)21-19-35)55(75)76-34(11)45(51(71)58-44)59-50(70)41(25-29(4)5)60(12)54(74)40-17-15-23-62(40)52(72)33(10)63/h18-21,28-34,37-42,44-45,47,63-65H,13-17,22-27H2,1-12H3,(H,56,68)(H,57,69)(H,58,71)(H,59,70)/t31-,32-,33-,34+,37-,38-,39-,40-,41+,42-,44?,45-,47-/m0/s1. The molecule has 3 fully saturated rings. The molecule has 0 spiro atoms. The highest BCUT2D eigenvalue weighted by molar-refractivity contribution is 6.05. The Balaban J connectivity index is 1.85. The van der Waals surface area contributed by atoms with E-state index in [1.165, 1.54) is 66.8 Å². The van der Waals surface area contributed by atoms with Crippen LogP contribution in [0.2, 0.25) is 0 Å². The van der Waals surface area contributed by atoms with E-state index < -0.39 is 150 Å². The Morgan fingerprint density at radius 2 is 1.44 bits per heavy atom. The number of phenolic OH excluding ortho intramolecular Hbond substituents is 1. The maximum Gasteiger partial charge on any atom is 0.329 e. The summed E-state index contributed by atoms with van der Waals surface area (Å²) in [5.74, 6) is -11.2. The molecule has 4 rings (SSSR count). The van der Waals surface area contributed by atoms with Gasteiger partial charge in [-0.25, -0.2) is 4.79 Å². The van der Waals surface area contributed by atoms with Crippen LogP contribution >= 0.6 is 0 Å². The Hall–Kier alpha value is -6.16. The number of amides is 7. The van der Waals surface area contributed by atoms with Crippen molar-refractivity contribution in [3.8, 4) is 5.75 Å².